The number of carbonyl (C=O) groups excluding carboxylic acids is 2. The Morgan fingerprint density at radius 3 is 2.45 bits per heavy atom. The number of esters is 1. The highest BCUT2D eigenvalue weighted by Crippen LogP contribution is 2.03. The van der Waals surface area contributed by atoms with Crippen molar-refractivity contribution in [1.82, 2.24) is 4.90 Å². The summed E-state index contributed by atoms with van der Waals surface area (Å²) in [6.45, 7) is 4.81. The molecule has 0 aliphatic heterocycles. The maximum atomic E-state index is 12.1. The van der Waals surface area contributed by atoms with Crippen molar-refractivity contribution in [3.63, 3.8) is 0 Å². The molecule has 0 saturated heterocycles. The third-order valence-electron chi connectivity index (χ3n) is 3.01. The molecule has 1 atom stereocenters. The fourth-order valence-electron chi connectivity index (χ4n) is 1.86. The van der Waals surface area contributed by atoms with E-state index in [1.807, 2.05) is 37.3 Å². The fourth-order valence-corrected chi connectivity index (χ4v) is 1.86. The van der Waals surface area contributed by atoms with Crippen LogP contribution in [0.4, 0.5) is 0 Å². The van der Waals surface area contributed by atoms with Gasteiger partial charge in [-0.2, -0.15) is 0 Å². The molecule has 0 saturated carbocycles. The second-order valence-corrected chi connectivity index (χ2v) is 4.38. The monoisotopic (exact) mass is 278 g/mol. The lowest BCUT2D eigenvalue weighted by atomic mass is 10.1. The largest absolute Gasteiger partial charge is 0.464 e. The van der Waals surface area contributed by atoms with Crippen LogP contribution in [0.5, 0.6) is 0 Å². The van der Waals surface area contributed by atoms with E-state index in [1.54, 1.807) is 11.8 Å². The maximum absolute atomic E-state index is 12.1. The Labute approximate surface area is 119 Å². The Balaban J connectivity index is 2.57. The summed E-state index contributed by atoms with van der Waals surface area (Å²) in [6.07, 6.45) is 0.732. The van der Waals surface area contributed by atoms with E-state index in [0.717, 1.165) is 12.0 Å². The Bertz CT molecular complexity index is 434. The summed E-state index contributed by atoms with van der Waals surface area (Å²) < 4.78 is 4.77. The van der Waals surface area contributed by atoms with Gasteiger partial charge in [-0.1, -0.05) is 30.3 Å². The molecule has 1 amide bonds. The normalized spacial score (nSPS) is 11.8. The number of ether oxygens (including phenoxy) is 1. The molecule has 0 fully saturated rings. The van der Waals surface area contributed by atoms with Crippen molar-refractivity contribution in [2.24, 2.45) is 5.73 Å². The van der Waals surface area contributed by atoms with Crippen molar-refractivity contribution in [1.29, 1.82) is 0 Å². The number of rotatable bonds is 7. The minimum atomic E-state index is -1.23. The van der Waals surface area contributed by atoms with Gasteiger partial charge < -0.3 is 15.4 Å². The minimum Gasteiger partial charge on any atom is -0.464 e. The van der Waals surface area contributed by atoms with Crippen molar-refractivity contribution in [3.8, 4) is 0 Å². The number of amides is 1. The van der Waals surface area contributed by atoms with E-state index in [-0.39, 0.29) is 12.5 Å². The average molecular weight is 278 g/mol. The lowest BCUT2D eigenvalue weighted by Gasteiger charge is -2.23. The van der Waals surface area contributed by atoms with E-state index >= 15 is 0 Å². The molecule has 0 spiro atoms. The van der Waals surface area contributed by atoms with Gasteiger partial charge in [0.05, 0.1) is 6.61 Å². The van der Waals surface area contributed by atoms with E-state index in [2.05, 4.69) is 0 Å². The molecule has 20 heavy (non-hydrogen) atoms. The first-order chi connectivity index (χ1) is 9.60. The zero-order chi connectivity index (χ0) is 15.0. The summed E-state index contributed by atoms with van der Waals surface area (Å²) in [5, 5.41) is 0. The molecule has 5 nitrogen and oxygen atoms in total. The van der Waals surface area contributed by atoms with E-state index in [4.69, 9.17) is 10.5 Å². The van der Waals surface area contributed by atoms with Gasteiger partial charge in [0, 0.05) is 13.1 Å². The number of hydrogen-bond acceptors (Lipinski definition) is 4. The van der Waals surface area contributed by atoms with Crippen molar-refractivity contribution < 1.29 is 14.3 Å². The van der Waals surface area contributed by atoms with Gasteiger partial charge in [-0.15, -0.1) is 0 Å². The van der Waals surface area contributed by atoms with Gasteiger partial charge in [0.15, 0.2) is 6.04 Å². The van der Waals surface area contributed by atoms with Crippen LogP contribution < -0.4 is 5.73 Å². The van der Waals surface area contributed by atoms with Crippen LogP contribution >= 0.6 is 0 Å². The molecule has 0 aromatic heterocycles. The topological polar surface area (TPSA) is 72.6 Å². The summed E-state index contributed by atoms with van der Waals surface area (Å²) in [4.78, 5) is 25.2. The molecule has 1 aromatic carbocycles. The first-order valence-corrected chi connectivity index (χ1v) is 6.85. The van der Waals surface area contributed by atoms with Crippen LogP contribution in [0.1, 0.15) is 19.4 Å². The molecular formula is C15H22N2O3. The molecule has 0 heterocycles. The van der Waals surface area contributed by atoms with Crippen molar-refractivity contribution in [3.05, 3.63) is 35.9 Å². The molecular weight excluding hydrogens is 256 g/mol. The maximum Gasteiger partial charge on any atom is 0.332 e. The smallest absolute Gasteiger partial charge is 0.332 e. The van der Waals surface area contributed by atoms with E-state index < -0.39 is 12.0 Å². The molecule has 0 bridgehead atoms. The lowest BCUT2D eigenvalue weighted by molar-refractivity contribution is -0.150. The average Bonchev–Trinajstić information content (AvgIpc) is 2.48. The number of benzene rings is 1. The summed E-state index contributed by atoms with van der Waals surface area (Å²) in [5.74, 6) is -1.06. The van der Waals surface area contributed by atoms with Crippen LogP contribution in [0, 0.1) is 0 Å². The summed E-state index contributed by atoms with van der Waals surface area (Å²) in [5.41, 5.74) is 6.77. The van der Waals surface area contributed by atoms with Gasteiger partial charge in [0.2, 0.25) is 0 Å². The predicted molar refractivity (Wildman–Crippen MR) is 77.0 cm³/mol. The fraction of sp³-hybridized carbons (Fsp3) is 0.467. The third kappa shape index (κ3) is 4.66. The Hall–Kier alpha value is -1.88. The predicted octanol–water partition coefficient (Wildman–Crippen LogP) is 0.968. The number of nitrogens with zero attached hydrogens (tertiary/aromatic N) is 1. The first kappa shape index (κ1) is 16.2. The van der Waals surface area contributed by atoms with Crippen LogP contribution in [-0.2, 0) is 20.7 Å². The van der Waals surface area contributed by atoms with Gasteiger partial charge >= 0.3 is 5.97 Å². The van der Waals surface area contributed by atoms with Crippen LogP contribution in [0.2, 0.25) is 0 Å². The molecule has 1 aromatic rings. The van der Waals surface area contributed by atoms with E-state index in [9.17, 15) is 9.59 Å². The Morgan fingerprint density at radius 2 is 1.90 bits per heavy atom. The first-order valence-electron chi connectivity index (χ1n) is 6.85. The zero-order valence-electron chi connectivity index (χ0n) is 12.0. The highest BCUT2D eigenvalue weighted by Gasteiger charge is 2.27. The van der Waals surface area contributed by atoms with Gasteiger partial charge in [-0.25, -0.2) is 4.79 Å². The quantitative estimate of drug-likeness (QED) is 0.596. The molecule has 1 unspecified atom stereocenters. The summed E-state index contributed by atoms with van der Waals surface area (Å²) >= 11 is 0. The van der Waals surface area contributed by atoms with Crippen LogP contribution in [0.15, 0.2) is 30.3 Å². The number of hydrogen-bond donors (Lipinski definition) is 1. The molecule has 0 aliphatic carbocycles. The molecule has 110 valence electrons. The molecule has 0 radical (unpaired) electrons. The number of likely N-dealkylation sites (N-methyl/N-ethyl adjacent to an activating group) is 1. The standard InChI is InChI=1S/C15H22N2O3/c1-3-17(11-10-12-8-6-5-7-9-12)14(18)13(16)15(19)20-4-2/h5-9,13H,3-4,10-11,16H2,1-2H3. The third-order valence-corrected chi connectivity index (χ3v) is 3.01. The summed E-state index contributed by atoms with van der Waals surface area (Å²) in [6, 6.07) is 8.64. The number of nitrogens with two attached hydrogens (primary N) is 1. The second kappa shape index (κ2) is 8.32. The second-order valence-electron chi connectivity index (χ2n) is 4.38. The van der Waals surface area contributed by atoms with Crippen molar-refractivity contribution in [2.75, 3.05) is 19.7 Å². The molecule has 2 N–H and O–H groups in total. The molecule has 1 rings (SSSR count). The zero-order valence-corrected chi connectivity index (χ0v) is 12.0. The Kier molecular flexibility index (Phi) is 6.73. The van der Waals surface area contributed by atoms with Gasteiger partial charge in [-0.3, -0.25) is 4.79 Å². The van der Waals surface area contributed by atoms with Gasteiger partial charge in [0.25, 0.3) is 5.91 Å². The van der Waals surface area contributed by atoms with Crippen LogP contribution in [0.25, 0.3) is 0 Å². The molecule has 5 heteroatoms. The highest BCUT2D eigenvalue weighted by atomic mass is 16.5. The number of carbonyl (C=O) groups is 2. The van der Waals surface area contributed by atoms with Gasteiger partial charge in [-0.05, 0) is 25.8 Å². The van der Waals surface area contributed by atoms with Gasteiger partial charge in [0.1, 0.15) is 0 Å². The SMILES string of the molecule is CCOC(=O)C(N)C(=O)N(CC)CCc1ccccc1. The minimum absolute atomic E-state index is 0.218. The van der Waals surface area contributed by atoms with Crippen molar-refractivity contribution >= 4 is 11.9 Å². The summed E-state index contributed by atoms with van der Waals surface area (Å²) in [7, 11) is 0. The van der Waals surface area contributed by atoms with E-state index in [1.165, 1.54) is 0 Å². The van der Waals surface area contributed by atoms with Crippen LogP contribution in [-0.4, -0.2) is 42.5 Å². The highest BCUT2D eigenvalue weighted by molar-refractivity contribution is 6.01. The van der Waals surface area contributed by atoms with Crippen LogP contribution in [0.3, 0.4) is 0 Å². The Morgan fingerprint density at radius 1 is 1.25 bits per heavy atom. The lowest BCUT2D eigenvalue weighted by Crippen LogP contribution is -2.49. The van der Waals surface area contributed by atoms with E-state index in [0.29, 0.717) is 13.1 Å². The molecule has 0 aliphatic rings. The van der Waals surface area contributed by atoms with Crippen molar-refractivity contribution in [2.45, 2.75) is 26.3 Å².